The lowest BCUT2D eigenvalue weighted by Crippen LogP contribution is -2.52. The van der Waals surface area contributed by atoms with Gasteiger partial charge in [0.05, 0.1) is 42.9 Å². The van der Waals surface area contributed by atoms with Crippen LogP contribution in [0.3, 0.4) is 0 Å². The highest BCUT2D eigenvalue weighted by Gasteiger charge is 2.41. The van der Waals surface area contributed by atoms with Crippen molar-refractivity contribution in [3.05, 3.63) is 35.2 Å². The molecule has 1 fully saturated rings. The second-order valence-corrected chi connectivity index (χ2v) is 6.88. The summed E-state index contributed by atoms with van der Waals surface area (Å²) in [5.41, 5.74) is 2.70. The number of aromatic nitrogens is 5. The molecular weight excluding hydrogens is 336 g/mol. The van der Waals surface area contributed by atoms with Crippen molar-refractivity contribution in [2.45, 2.75) is 45.1 Å². The third-order valence-corrected chi connectivity index (χ3v) is 5.11. The average molecular weight is 358 g/mol. The lowest BCUT2D eigenvalue weighted by molar-refractivity contribution is -0.120. The van der Waals surface area contributed by atoms with Crippen molar-refractivity contribution >= 4 is 5.91 Å². The maximum absolute atomic E-state index is 12.6. The quantitative estimate of drug-likeness (QED) is 0.798. The summed E-state index contributed by atoms with van der Waals surface area (Å²) in [4.78, 5) is 22.8. The fourth-order valence-electron chi connectivity index (χ4n) is 3.53. The molecule has 0 aliphatic carbocycles. The van der Waals surface area contributed by atoms with Crippen LogP contribution in [-0.4, -0.2) is 61.6 Å². The van der Waals surface area contributed by atoms with Crippen LogP contribution >= 0.6 is 0 Å². The van der Waals surface area contributed by atoms with Gasteiger partial charge >= 0.3 is 0 Å². The van der Waals surface area contributed by atoms with Gasteiger partial charge in [-0.3, -0.25) is 9.78 Å². The molecule has 1 amide bonds. The van der Waals surface area contributed by atoms with E-state index in [4.69, 9.17) is 9.47 Å². The fraction of sp³-hybridized carbons (Fsp3) is 0.588. The standard InChI is InChI=1S/C17H22N6O3/c1-12-7-19-13(8-18-12)16(24)22-5-3-17(4-6-22)11-23-15(10-26-17)14(9-25-2)20-21-23/h7-8H,3-6,9-11H2,1-2H3. The van der Waals surface area contributed by atoms with Crippen molar-refractivity contribution in [2.24, 2.45) is 0 Å². The smallest absolute Gasteiger partial charge is 0.274 e. The Hall–Kier alpha value is -2.39. The average Bonchev–Trinajstić information content (AvgIpc) is 3.04. The number of aryl methyl sites for hydroxylation is 1. The Morgan fingerprint density at radius 3 is 2.81 bits per heavy atom. The number of carbonyl (C=O) groups excluding carboxylic acids is 1. The van der Waals surface area contributed by atoms with E-state index in [1.807, 2.05) is 16.5 Å². The van der Waals surface area contributed by atoms with Crippen LogP contribution in [0.1, 0.15) is 40.4 Å². The van der Waals surface area contributed by atoms with Crippen LogP contribution in [0.25, 0.3) is 0 Å². The van der Waals surface area contributed by atoms with Crippen molar-refractivity contribution in [1.29, 1.82) is 0 Å². The fourth-order valence-corrected chi connectivity index (χ4v) is 3.53. The van der Waals surface area contributed by atoms with E-state index >= 15 is 0 Å². The van der Waals surface area contributed by atoms with Gasteiger partial charge in [0, 0.05) is 26.4 Å². The molecular formula is C17H22N6O3. The van der Waals surface area contributed by atoms with Crippen molar-refractivity contribution in [3.8, 4) is 0 Å². The number of ether oxygens (including phenoxy) is 2. The number of piperidine rings is 1. The Balaban J connectivity index is 1.41. The number of fused-ring (bicyclic) bond motifs is 1. The number of hydrogen-bond donors (Lipinski definition) is 0. The largest absolute Gasteiger partial charge is 0.378 e. The number of carbonyl (C=O) groups is 1. The summed E-state index contributed by atoms with van der Waals surface area (Å²) in [6.07, 6.45) is 4.68. The molecule has 138 valence electrons. The Labute approximate surface area is 151 Å². The third-order valence-electron chi connectivity index (χ3n) is 5.11. The number of methoxy groups -OCH3 is 1. The predicted molar refractivity (Wildman–Crippen MR) is 90.2 cm³/mol. The van der Waals surface area contributed by atoms with E-state index in [-0.39, 0.29) is 11.5 Å². The summed E-state index contributed by atoms with van der Waals surface area (Å²) in [6.45, 7) is 4.68. The van der Waals surface area contributed by atoms with Gasteiger partial charge in [-0.15, -0.1) is 5.10 Å². The van der Waals surface area contributed by atoms with E-state index in [0.717, 1.165) is 29.9 Å². The number of amides is 1. The zero-order chi connectivity index (χ0) is 18.1. The molecule has 1 spiro atoms. The molecule has 4 heterocycles. The van der Waals surface area contributed by atoms with Gasteiger partial charge in [0.25, 0.3) is 5.91 Å². The van der Waals surface area contributed by atoms with Gasteiger partial charge in [-0.1, -0.05) is 5.21 Å². The maximum atomic E-state index is 12.6. The molecule has 2 aromatic rings. The zero-order valence-electron chi connectivity index (χ0n) is 15.0. The van der Waals surface area contributed by atoms with Crippen LogP contribution < -0.4 is 0 Å². The lowest BCUT2D eigenvalue weighted by Gasteiger charge is -2.43. The minimum atomic E-state index is -0.291. The molecule has 9 heteroatoms. The van der Waals surface area contributed by atoms with Gasteiger partial charge in [-0.25, -0.2) is 9.67 Å². The Bertz CT molecular complexity index is 795. The van der Waals surface area contributed by atoms with E-state index in [9.17, 15) is 4.79 Å². The van der Waals surface area contributed by atoms with Crippen molar-refractivity contribution in [1.82, 2.24) is 29.9 Å². The van der Waals surface area contributed by atoms with E-state index in [1.54, 1.807) is 13.3 Å². The molecule has 0 aromatic carbocycles. The molecule has 2 aliphatic rings. The van der Waals surface area contributed by atoms with Crippen LogP contribution in [0.15, 0.2) is 12.4 Å². The maximum Gasteiger partial charge on any atom is 0.274 e. The highest BCUT2D eigenvalue weighted by atomic mass is 16.5. The second kappa shape index (κ2) is 6.73. The minimum absolute atomic E-state index is 0.0769. The minimum Gasteiger partial charge on any atom is -0.378 e. The van der Waals surface area contributed by atoms with Crippen LogP contribution in [0.2, 0.25) is 0 Å². The molecule has 0 radical (unpaired) electrons. The first kappa shape index (κ1) is 17.0. The number of nitrogens with zero attached hydrogens (tertiary/aromatic N) is 6. The van der Waals surface area contributed by atoms with Gasteiger partial charge in [-0.05, 0) is 19.8 Å². The van der Waals surface area contributed by atoms with Crippen molar-refractivity contribution < 1.29 is 14.3 Å². The molecule has 0 saturated carbocycles. The van der Waals surface area contributed by atoms with Gasteiger partial charge < -0.3 is 14.4 Å². The van der Waals surface area contributed by atoms with Crippen molar-refractivity contribution in [2.75, 3.05) is 20.2 Å². The summed E-state index contributed by atoms with van der Waals surface area (Å²) in [5.74, 6) is -0.0769. The Morgan fingerprint density at radius 2 is 2.12 bits per heavy atom. The first-order valence-corrected chi connectivity index (χ1v) is 8.72. The predicted octanol–water partition coefficient (Wildman–Crippen LogP) is 0.728. The van der Waals surface area contributed by atoms with Gasteiger partial charge in [0.2, 0.25) is 0 Å². The summed E-state index contributed by atoms with van der Waals surface area (Å²) in [7, 11) is 1.64. The molecule has 0 unspecified atom stereocenters. The van der Waals surface area contributed by atoms with E-state index in [2.05, 4.69) is 20.3 Å². The van der Waals surface area contributed by atoms with Crippen LogP contribution in [0, 0.1) is 6.92 Å². The molecule has 0 bridgehead atoms. The van der Waals surface area contributed by atoms with Crippen LogP contribution in [0.4, 0.5) is 0 Å². The topological polar surface area (TPSA) is 95.3 Å². The Kier molecular flexibility index (Phi) is 4.41. The normalized spacial score (nSPS) is 18.8. The monoisotopic (exact) mass is 358 g/mol. The summed E-state index contributed by atoms with van der Waals surface area (Å²) < 4.78 is 13.3. The number of likely N-dealkylation sites (tertiary alicyclic amines) is 1. The van der Waals surface area contributed by atoms with Gasteiger partial charge in [0.15, 0.2) is 0 Å². The molecule has 9 nitrogen and oxygen atoms in total. The van der Waals surface area contributed by atoms with Crippen molar-refractivity contribution in [3.63, 3.8) is 0 Å². The molecule has 4 rings (SSSR count). The van der Waals surface area contributed by atoms with Gasteiger partial charge in [0.1, 0.15) is 11.4 Å². The van der Waals surface area contributed by atoms with Crippen LogP contribution in [0.5, 0.6) is 0 Å². The first-order valence-electron chi connectivity index (χ1n) is 8.72. The highest BCUT2D eigenvalue weighted by molar-refractivity contribution is 5.92. The Morgan fingerprint density at radius 1 is 1.31 bits per heavy atom. The van der Waals surface area contributed by atoms with E-state index in [0.29, 0.717) is 38.5 Å². The lowest BCUT2D eigenvalue weighted by atomic mass is 9.89. The number of hydrogen-bond acceptors (Lipinski definition) is 7. The van der Waals surface area contributed by atoms with Crippen LogP contribution in [-0.2, 0) is 29.2 Å². The highest BCUT2D eigenvalue weighted by Crippen LogP contribution is 2.33. The molecule has 0 atom stereocenters. The molecule has 1 saturated heterocycles. The number of rotatable bonds is 3. The second-order valence-electron chi connectivity index (χ2n) is 6.88. The van der Waals surface area contributed by atoms with Gasteiger partial charge in [-0.2, -0.15) is 0 Å². The summed E-state index contributed by atoms with van der Waals surface area (Å²) in [6, 6.07) is 0. The molecule has 2 aromatic heterocycles. The molecule has 26 heavy (non-hydrogen) atoms. The zero-order valence-corrected chi connectivity index (χ0v) is 15.0. The first-order chi connectivity index (χ1) is 12.6. The SMILES string of the molecule is COCc1nnn2c1COC1(CCN(C(=O)c3cnc(C)cn3)CC1)C2. The van der Waals surface area contributed by atoms with E-state index < -0.39 is 0 Å². The molecule has 2 aliphatic heterocycles. The third kappa shape index (κ3) is 3.08. The van der Waals surface area contributed by atoms with E-state index in [1.165, 1.54) is 6.20 Å². The summed E-state index contributed by atoms with van der Waals surface area (Å²) >= 11 is 0. The summed E-state index contributed by atoms with van der Waals surface area (Å²) in [5, 5.41) is 8.43. The molecule has 0 N–H and O–H groups in total.